The van der Waals surface area contributed by atoms with Crippen LogP contribution in [0.3, 0.4) is 0 Å². The smallest absolute Gasteiger partial charge is 0.253 e. The Morgan fingerprint density at radius 2 is 1.50 bits per heavy atom. The summed E-state index contributed by atoms with van der Waals surface area (Å²) in [6.45, 7) is 1.67. The van der Waals surface area contributed by atoms with Crippen molar-refractivity contribution in [3.63, 3.8) is 0 Å². The van der Waals surface area contributed by atoms with Crippen LogP contribution in [-0.2, 0) is 10.2 Å². The molecule has 1 saturated carbocycles. The van der Waals surface area contributed by atoms with Gasteiger partial charge in [-0.1, -0.05) is 31.4 Å². The predicted molar refractivity (Wildman–Crippen MR) is 118 cm³/mol. The van der Waals surface area contributed by atoms with Gasteiger partial charge in [0.2, 0.25) is 5.91 Å². The average Bonchev–Trinajstić information content (AvgIpc) is 3.34. The second-order valence-electron chi connectivity index (χ2n) is 8.40. The topological polar surface area (TPSA) is 58.6 Å². The fourth-order valence-corrected chi connectivity index (χ4v) is 4.76. The third kappa shape index (κ3) is 4.07. The number of anilines is 1. The van der Waals surface area contributed by atoms with Crippen LogP contribution in [0.5, 0.6) is 5.75 Å². The number of carbonyl (C=O) groups is 2. The highest BCUT2D eigenvalue weighted by Gasteiger charge is 2.41. The van der Waals surface area contributed by atoms with Crippen molar-refractivity contribution in [2.45, 2.75) is 50.4 Å². The van der Waals surface area contributed by atoms with Crippen molar-refractivity contribution in [2.24, 2.45) is 0 Å². The first-order valence-electron chi connectivity index (χ1n) is 11.0. The third-order valence-corrected chi connectivity index (χ3v) is 6.57. The Morgan fingerprint density at radius 3 is 2.10 bits per heavy atom. The predicted octanol–water partition coefficient (Wildman–Crippen LogP) is 4.77. The van der Waals surface area contributed by atoms with E-state index in [0.717, 1.165) is 68.6 Å². The number of ether oxygens (including phenoxy) is 1. The highest BCUT2D eigenvalue weighted by molar-refractivity contribution is 6.00. The summed E-state index contributed by atoms with van der Waals surface area (Å²) in [5.41, 5.74) is 1.93. The molecule has 5 nitrogen and oxygen atoms in total. The maximum atomic E-state index is 13.5. The number of hydrogen-bond donors (Lipinski definition) is 1. The van der Waals surface area contributed by atoms with Crippen LogP contribution >= 0.6 is 0 Å². The molecule has 4 rings (SSSR count). The van der Waals surface area contributed by atoms with Gasteiger partial charge in [0.05, 0.1) is 12.5 Å². The van der Waals surface area contributed by atoms with Crippen LogP contribution in [0.1, 0.15) is 60.9 Å². The molecule has 2 aromatic rings. The second-order valence-corrected chi connectivity index (χ2v) is 8.40. The third-order valence-electron chi connectivity index (χ3n) is 6.57. The van der Waals surface area contributed by atoms with Gasteiger partial charge >= 0.3 is 0 Å². The van der Waals surface area contributed by atoms with E-state index in [0.29, 0.717) is 5.56 Å². The molecule has 1 aliphatic heterocycles. The van der Waals surface area contributed by atoms with Crippen LogP contribution in [0, 0.1) is 0 Å². The first-order chi connectivity index (χ1) is 14.6. The Bertz CT molecular complexity index is 878. The van der Waals surface area contributed by atoms with E-state index in [2.05, 4.69) is 5.32 Å². The van der Waals surface area contributed by atoms with Gasteiger partial charge in [-0.05, 0) is 67.6 Å². The van der Waals surface area contributed by atoms with Gasteiger partial charge < -0.3 is 15.0 Å². The minimum Gasteiger partial charge on any atom is -0.497 e. The zero-order chi connectivity index (χ0) is 21.0. The fourth-order valence-electron chi connectivity index (χ4n) is 4.76. The van der Waals surface area contributed by atoms with Crippen LogP contribution in [0.2, 0.25) is 0 Å². The fraction of sp³-hybridized carbons (Fsp3) is 0.440. The average molecular weight is 407 g/mol. The zero-order valence-electron chi connectivity index (χ0n) is 17.7. The first kappa shape index (κ1) is 20.5. The van der Waals surface area contributed by atoms with E-state index in [4.69, 9.17) is 4.74 Å². The van der Waals surface area contributed by atoms with Gasteiger partial charge in [-0.2, -0.15) is 0 Å². The molecular weight excluding hydrogens is 376 g/mol. The van der Waals surface area contributed by atoms with Gasteiger partial charge in [-0.15, -0.1) is 0 Å². The molecule has 0 atom stereocenters. The highest BCUT2D eigenvalue weighted by atomic mass is 16.5. The molecule has 2 fully saturated rings. The lowest BCUT2D eigenvalue weighted by molar-refractivity contribution is -0.122. The van der Waals surface area contributed by atoms with Gasteiger partial charge in [0, 0.05) is 24.3 Å². The summed E-state index contributed by atoms with van der Waals surface area (Å²) in [5, 5.41) is 3.12. The number of likely N-dealkylation sites (tertiary alicyclic amines) is 1. The summed E-state index contributed by atoms with van der Waals surface area (Å²) in [7, 11) is 1.65. The Balaban J connectivity index is 1.51. The first-order valence-corrected chi connectivity index (χ1v) is 11.0. The SMILES string of the molecule is COc1ccc(C2(C(=O)Nc3ccc(C(=O)N4CCCC4)cc3)CCCCC2)cc1. The molecule has 1 N–H and O–H groups in total. The highest BCUT2D eigenvalue weighted by Crippen LogP contribution is 2.41. The van der Waals surface area contributed by atoms with E-state index in [9.17, 15) is 9.59 Å². The molecule has 0 radical (unpaired) electrons. The normalized spacial score (nSPS) is 18.1. The molecule has 0 bridgehead atoms. The number of hydrogen-bond acceptors (Lipinski definition) is 3. The van der Waals surface area contributed by atoms with Crippen LogP contribution in [-0.4, -0.2) is 36.9 Å². The minimum atomic E-state index is -0.519. The van der Waals surface area contributed by atoms with E-state index in [-0.39, 0.29) is 11.8 Å². The number of amides is 2. The zero-order valence-corrected chi connectivity index (χ0v) is 17.7. The van der Waals surface area contributed by atoms with Gasteiger partial charge in [-0.3, -0.25) is 9.59 Å². The van der Waals surface area contributed by atoms with Gasteiger partial charge in [0.15, 0.2) is 0 Å². The number of methoxy groups -OCH3 is 1. The molecule has 5 heteroatoms. The Kier molecular flexibility index (Phi) is 6.07. The molecule has 30 heavy (non-hydrogen) atoms. The summed E-state index contributed by atoms with van der Waals surface area (Å²) < 4.78 is 5.28. The quantitative estimate of drug-likeness (QED) is 0.778. The maximum absolute atomic E-state index is 13.5. The largest absolute Gasteiger partial charge is 0.497 e. The minimum absolute atomic E-state index is 0.0333. The molecule has 1 heterocycles. The number of nitrogens with zero attached hydrogens (tertiary/aromatic N) is 1. The lowest BCUT2D eigenvalue weighted by Crippen LogP contribution is -2.42. The molecule has 158 valence electrons. The van der Waals surface area contributed by atoms with Gasteiger partial charge in [0.25, 0.3) is 5.91 Å². The number of nitrogens with one attached hydrogen (secondary N) is 1. The molecule has 0 spiro atoms. The van der Waals surface area contributed by atoms with Crippen LogP contribution < -0.4 is 10.1 Å². The van der Waals surface area contributed by atoms with Crippen LogP contribution in [0.15, 0.2) is 48.5 Å². The monoisotopic (exact) mass is 406 g/mol. The van der Waals surface area contributed by atoms with Crippen LogP contribution in [0.25, 0.3) is 0 Å². The molecule has 0 aromatic heterocycles. The summed E-state index contributed by atoms with van der Waals surface area (Å²) >= 11 is 0. The van der Waals surface area contributed by atoms with E-state index in [1.807, 2.05) is 53.4 Å². The summed E-state index contributed by atoms with van der Waals surface area (Å²) in [6.07, 6.45) is 7.10. The van der Waals surface area contributed by atoms with Crippen molar-refractivity contribution in [1.82, 2.24) is 4.90 Å². The van der Waals surface area contributed by atoms with Crippen molar-refractivity contribution in [3.8, 4) is 5.75 Å². The number of rotatable bonds is 5. The summed E-state index contributed by atoms with van der Waals surface area (Å²) in [6, 6.07) is 15.2. The standard InChI is InChI=1S/C25H30N2O3/c1-30-22-13-9-20(10-14-22)25(15-3-2-4-16-25)24(29)26-21-11-7-19(8-12-21)23(28)27-17-5-6-18-27/h7-14H,2-6,15-18H2,1H3,(H,26,29). The Labute approximate surface area is 178 Å². The molecule has 2 amide bonds. The van der Waals surface area contributed by atoms with Crippen molar-refractivity contribution in [2.75, 3.05) is 25.5 Å². The van der Waals surface area contributed by atoms with E-state index in [1.54, 1.807) is 7.11 Å². The second kappa shape index (κ2) is 8.90. The molecule has 0 unspecified atom stereocenters. The summed E-state index contributed by atoms with van der Waals surface area (Å²) in [4.78, 5) is 27.9. The Morgan fingerprint density at radius 1 is 0.867 bits per heavy atom. The van der Waals surface area contributed by atoms with Gasteiger partial charge in [0.1, 0.15) is 5.75 Å². The van der Waals surface area contributed by atoms with Crippen molar-refractivity contribution >= 4 is 17.5 Å². The molecule has 2 aliphatic rings. The lowest BCUT2D eigenvalue weighted by atomic mass is 9.68. The Hall–Kier alpha value is -2.82. The molecular formula is C25H30N2O3. The molecule has 1 aliphatic carbocycles. The van der Waals surface area contributed by atoms with Gasteiger partial charge in [-0.25, -0.2) is 0 Å². The van der Waals surface area contributed by atoms with Crippen molar-refractivity contribution < 1.29 is 14.3 Å². The molecule has 2 aromatic carbocycles. The van der Waals surface area contributed by atoms with Crippen LogP contribution in [0.4, 0.5) is 5.69 Å². The van der Waals surface area contributed by atoms with E-state index < -0.39 is 5.41 Å². The number of carbonyl (C=O) groups excluding carboxylic acids is 2. The van der Waals surface area contributed by atoms with E-state index in [1.165, 1.54) is 6.42 Å². The summed E-state index contributed by atoms with van der Waals surface area (Å²) in [5.74, 6) is 0.904. The molecule has 1 saturated heterocycles. The van der Waals surface area contributed by atoms with Crippen molar-refractivity contribution in [1.29, 1.82) is 0 Å². The number of benzene rings is 2. The van der Waals surface area contributed by atoms with E-state index >= 15 is 0 Å². The lowest BCUT2D eigenvalue weighted by Gasteiger charge is -2.36. The maximum Gasteiger partial charge on any atom is 0.253 e. The van der Waals surface area contributed by atoms with Crippen molar-refractivity contribution in [3.05, 3.63) is 59.7 Å².